The monoisotopic (exact) mass is 209 g/mol. The lowest BCUT2D eigenvalue weighted by Gasteiger charge is -2.25. The van der Waals surface area contributed by atoms with Gasteiger partial charge in [0.2, 0.25) is 5.91 Å². The summed E-state index contributed by atoms with van der Waals surface area (Å²) in [5, 5.41) is 8.64. The van der Waals surface area contributed by atoms with Crippen LogP contribution in [0, 0.1) is 11.3 Å². The van der Waals surface area contributed by atoms with E-state index in [0.717, 1.165) is 12.8 Å². The maximum Gasteiger partial charge on any atom is 0.236 e. The van der Waals surface area contributed by atoms with E-state index in [2.05, 4.69) is 6.07 Å². The van der Waals surface area contributed by atoms with Crippen LogP contribution in [0.25, 0.3) is 0 Å². The van der Waals surface area contributed by atoms with E-state index in [-0.39, 0.29) is 11.9 Å². The van der Waals surface area contributed by atoms with Crippen LogP contribution in [0.1, 0.15) is 26.7 Å². The van der Waals surface area contributed by atoms with Gasteiger partial charge in [-0.3, -0.25) is 9.69 Å². The maximum absolute atomic E-state index is 11.8. The lowest BCUT2D eigenvalue weighted by atomic mass is 10.3. The second kappa shape index (κ2) is 5.13. The van der Waals surface area contributed by atoms with Gasteiger partial charge in [-0.15, -0.1) is 0 Å². The molecule has 0 radical (unpaired) electrons. The molecule has 0 aromatic rings. The Balaban J connectivity index is 2.42. The molecule has 0 bridgehead atoms. The molecule has 0 saturated heterocycles. The Bertz CT molecular complexity index is 265. The van der Waals surface area contributed by atoms with Gasteiger partial charge in [-0.2, -0.15) is 5.26 Å². The summed E-state index contributed by atoms with van der Waals surface area (Å²) in [6, 6.07) is 2.78. The van der Waals surface area contributed by atoms with Crippen molar-refractivity contribution in [2.75, 3.05) is 20.1 Å². The van der Waals surface area contributed by atoms with Crippen molar-refractivity contribution in [1.82, 2.24) is 9.80 Å². The van der Waals surface area contributed by atoms with Crippen molar-refractivity contribution >= 4 is 5.91 Å². The predicted octanol–water partition coefficient (Wildman–Crippen LogP) is 0.841. The van der Waals surface area contributed by atoms with Gasteiger partial charge in [-0.1, -0.05) is 0 Å². The molecule has 1 saturated carbocycles. The third-order valence-electron chi connectivity index (χ3n) is 2.83. The first kappa shape index (κ1) is 12.0. The zero-order valence-corrected chi connectivity index (χ0v) is 9.73. The van der Waals surface area contributed by atoms with Crippen molar-refractivity contribution < 1.29 is 4.79 Å². The van der Waals surface area contributed by atoms with Gasteiger partial charge in [-0.25, -0.2) is 0 Å². The molecule has 0 unspecified atom stereocenters. The second-order valence-corrected chi connectivity index (χ2v) is 4.39. The number of amides is 1. The van der Waals surface area contributed by atoms with Crippen LogP contribution in [-0.2, 0) is 4.79 Å². The lowest BCUT2D eigenvalue weighted by molar-refractivity contribution is -0.131. The van der Waals surface area contributed by atoms with Gasteiger partial charge < -0.3 is 4.90 Å². The van der Waals surface area contributed by atoms with E-state index in [4.69, 9.17) is 5.26 Å². The van der Waals surface area contributed by atoms with Crippen molar-refractivity contribution in [3.8, 4) is 6.07 Å². The van der Waals surface area contributed by atoms with Crippen molar-refractivity contribution in [2.45, 2.75) is 38.8 Å². The van der Waals surface area contributed by atoms with E-state index in [9.17, 15) is 4.79 Å². The Labute approximate surface area is 91.5 Å². The molecule has 84 valence electrons. The lowest BCUT2D eigenvalue weighted by Crippen LogP contribution is -2.42. The molecule has 1 rings (SSSR count). The minimum atomic E-state index is 0.126. The Morgan fingerprint density at radius 1 is 1.53 bits per heavy atom. The van der Waals surface area contributed by atoms with E-state index in [1.807, 2.05) is 30.7 Å². The number of hydrogen-bond acceptors (Lipinski definition) is 3. The summed E-state index contributed by atoms with van der Waals surface area (Å²) < 4.78 is 0. The van der Waals surface area contributed by atoms with Crippen LogP contribution in [0.5, 0.6) is 0 Å². The highest BCUT2D eigenvalue weighted by Gasteiger charge is 2.30. The quantitative estimate of drug-likeness (QED) is 0.630. The van der Waals surface area contributed by atoms with Gasteiger partial charge >= 0.3 is 0 Å². The number of carbonyl (C=O) groups excluding carboxylic acids is 1. The predicted molar refractivity (Wildman–Crippen MR) is 58.1 cm³/mol. The number of likely N-dealkylation sites (N-methyl/N-ethyl adjacent to an activating group) is 1. The fourth-order valence-electron chi connectivity index (χ4n) is 1.46. The highest BCUT2D eigenvalue weighted by molar-refractivity contribution is 5.78. The second-order valence-electron chi connectivity index (χ2n) is 4.39. The first-order chi connectivity index (χ1) is 7.06. The average molecular weight is 209 g/mol. The number of nitrogens with zero attached hydrogens (tertiary/aromatic N) is 3. The summed E-state index contributed by atoms with van der Waals surface area (Å²) in [4.78, 5) is 15.5. The van der Waals surface area contributed by atoms with Gasteiger partial charge in [0, 0.05) is 19.1 Å². The van der Waals surface area contributed by atoms with Crippen LogP contribution in [-0.4, -0.2) is 47.9 Å². The van der Waals surface area contributed by atoms with E-state index < -0.39 is 0 Å². The summed E-state index contributed by atoms with van der Waals surface area (Å²) in [6.07, 6.45) is 2.25. The zero-order chi connectivity index (χ0) is 11.4. The van der Waals surface area contributed by atoms with Gasteiger partial charge in [0.25, 0.3) is 0 Å². The molecule has 0 aromatic carbocycles. The molecule has 0 aliphatic heterocycles. The summed E-state index contributed by atoms with van der Waals surface area (Å²) >= 11 is 0. The molecular weight excluding hydrogens is 190 g/mol. The third-order valence-corrected chi connectivity index (χ3v) is 2.83. The van der Waals surface area contributed by atoms with Crippen molar-refractivity contribution in [3.05, 3.63) is 0 Å². The zero-order valence-electron chi connectivity index (χ0n) is 9.73. The molecule has 1 aliphatic rings. The molecule has 1 aliphatic carbocycles. The molecule has 0 heterocycles. The number of carbonyl (C=O) groups is 1. The average Bonchev–Trinajstić information content (AvgIpc) is 2.98. The molecule has 0 N–H and O–H groups in total. The number of hydrogen-bond donors (Lipinski definition) is 0. The minimum Gasteiger partial charge on any atom is -0.342 e. The molecule has 0 aromatic heterocycles. The molecule has 0 atom stereocenters. The smallest absolute Gasteiger partial charge is 0.236 e. The molecule has 1 fully saturated rings. The molecule has 0 spiro atoms. The first-order valence-electron chi connectivity index (χ1n) is 5.43. The summed E-state index contributed by atoms with van der Waals surface area (Å²) in [6.45, 7) is 4.68. The Morgan fingerprint density at radius 2 is 2.13 bits per heavy atom. The fourth-order valence-corrected chi connectivity index (χ4v) is 1.46. The van der Waals surface area contributed by atoms with Crippen molar-refractivity contribution in [2.24, 2.45) is 0 Å². The van der Waals surface area contributed by atoms with Crippen LogP contribution >= 0.6 is 0 Å². The van der Waals surface area contributed by atoms with E-state index >= 15 is 0 Å². The first-order valence-corrected chi connectivity index (χ1v) is 5.43. The van der Waals surface area contributed by atoms with Gasteiger partial charge in [0.05, 0.1) is 19.2 Å². The van der Waals surface area contributed by atoms with E-state index in [1.165, 1.54) is 0 Å². The highest BCUT2D eigenvalue weighted by atomic mass is 16.2. The molecule has 4 nitrogen and oxygen atoms in total. The Kier molecular flexibility index (Phi) is 4.10. The van der Waals surface area contributed by atoms with Crippen molar-refractivity contribution in [3.63, 3.8) is 0 Å². The van der Waals surface area contributed by atoms with Crippen molar-refractivity contribution in [1.29, 1.82) is 5.26 Å². The Morgan fingerprint density at radius 3 is 2.53 bits per heavy atom. The number of rotatable bonds is 5. The SMILES string of the molecule is CC(C)N(CC#N)CC(=O)N(C)C1CC1. The summed E-state index contributed by atoms with van der Waals surface area (Å²) in [7, 11) is 1.85. The molecule has 1 amide bonds. The van der Waals surface area contributed by atoms with Crippen LogP contribution in [0.15, 0.2) is 0 Å². The van der Waals surface area contributed by atoms with Gasteiger partial charge in [0.1, 0.15) is 0 Å². The van der Waals surface area contributed by atoms with Crippen LogP contribution in [0.3, 0.4) is 0 Å². The third kappa shape index (κ3) is 3.52. The van der Waals surface area contributed by atoms with Gasteiger partial charge in [0.15, 0.2) is 0 Å². The largest absolute Gasteiger partial charge is 0.342 e. The molecule has 4 heteroatoms. The molecule has 15 heavy (non-hydrogen) atoms. The van der Waals surface area contributed by atoms with Crippen LogP contribution < -0.4 is 0 Å². The Hall–Kier alpha value is -1.08. The topological polar surface area (TPSA) is 47.3 Å². The normalized spacial score (nSPS) is 15.5. The minimum absolute atomic E-state index is 0.126. The standard InChI is InChI=1S/C11H19N3O/c1-9(2)14(7-6-12)8-11(15)13(3)10-4-5-10/h9-10H,4-5,7-8H2,1-3H3. The van der Waals surface area contributed by atoms with Gasteiger partial charge in [-0.05, 0) is 26.7 Å². The van der Waals surface area contributed by atoms with E-state index in [0.29, 0.717) is 19.1 Å². The maximum atomic E-state index is 11.8. The summed E-state index contributed by atoms with van der Waals surface area (Å²) in [5.41, 5.74) is 0. The molecular formula is C11H19N3O. The van der Waals surface area contributed by atoms with Crippen LogP contribution in [0.2, 0.25) is 0 Å². The van der Waals surface area contributed by atoms with Crippen LogP contribution in [0.4, 0.5) is 0 Å². The fraction of sp³-hybridized carbons (Fsp3) is 0.818. The number of nitriles is 1. The highest BCUT2D eigenvalue weighted by Crippen LogP contribution is 2.25. The van der Waals surface area contributed by atoms with E-state index in [1.54, 1.807) is 0 Å². The summed E-state index contributed by atoms with van der Waals surface area (Å²) in [5.74, 6) is 0.126.